The number of halogens is 3. The zero-order valence-corrected chi connectivity index (χ0v) is 11.6. The molecule has 110 valence electrons. The lowest BCUT2D eigenvalue weighted by Crippen LogP contribution is -2.09. The van der Waals surface area contributed by atoms with E-state index in [4.69, 9.17) is 0 Å². The van der Waals surface area contributed by atoms with Crippen LogP contribution in [0.4, 0.5) is 13.2 Å². The van der Waals surface area contributed by atoms with Gasteiger partial charge in [0.25, 0.3) is 0 Å². The molecule has 0 radical (unpaired) electrons. The predicted molar refractivity (Wildman–Crippen MR) is 71.1 cm³/mol. The predicted octanol–water partition coefficient (Wildman–Crippen LogP) is 4.56. The van der Waals surface area contributed by atoms with E-state index in [-0.39, 0.29) is 0 Å². The quantitative estimate of drug-likeness (QED) is 0.760. The van der Waals surface area contributed by atoms with Gasteiger partial charge in [0.05, 0.1) is 5.56 Å². The van der Waals surface area contributed by atoms with Crippen molar-refractivity contribution < 1.29 is 13.2 Å². The third kappa shape index (κ3) is 4.32. The first-order valence-electron chi connectivity index (χ1n) is 6.99. The van der Waals surface area contributed by atoms with Gasteiger partial charge in [-0.1, -0.05) is 11.6 Å². The molecule has 1 aromatic rings. The van der Waals surface area contributed by atoms with E-state index in [0.717, 1.165) is 44.5 Å². The molecule has 1 atom stereocenters. The molecule has 1 aromatic heterocycles. The smallest absolute Gasteiger partial charge is 0.241 e. The van der Waals surface area contributed by atoms with E-state index in [9.17, 15) is 13.2 Å². The lowest BCUT2D eigenvalue weighted by molar-refractivity contribution is -0.138. The summed E-state index contributed by atoms with van der Waals surface area (Å²) in [5.41, 5.74) is 0.661. The first kappa shape index (κ1) is 15.0. The fraction of sp³-hybridized carbons (Fsp3) is 0.600. The maximum atomic E-state index is 12.4. The van der Waals surface area contributed by atoms with Crippen LogP contribution in [0.3, 0.4) is 0 Å². The van der Waals surface area contributed by atoms with Gasteiger partial charge in [-0.25, -0.2) is 9.97 Å². The van der Waals surface area contributed by atoms with Crippen LogP contribution in [0.1, 0.15) is 50.4 Å². The Morgan fingerprint density at radius 2 is 1.90 bits per heavy atom. The molecule has 1 aliphatic carbocycles. The van der Waals surface area contributed by atoms with Gasteiger partial charge in [-0.15, -0.1) is 0 Å². The number of rotatable bonds is 3. The second-order valence-corrected chi connectivity index (χ2v) is 5.46. The van der Waals surface area contributed by atoms with Gasteiger partial charge in [0.15, 0.2) is 0 Å². The summed E-state index contributed by atoms with van der Waals surface area (Å²) < 4.78 is 37.2. The fourth-order valence-corrected chi connectivity index (χ4v) is 2.50. The topological polar surface area (TPSA) is 25.8 Å². The maximum Gasteiger partial charge on any atom is 0.419 e. The zero-order chi connectivity index (χ0) is 14.6. The van der Waals surface area contributed by atoms with E-state index in [1.807, 2.05) is 0 Å². The molecule has 0 bridgehead atoms. The van der Waals surface area contributed by atoms with Crippen LogP contribution in [-0.2, 0) is 12.6 Å². The molecule has 0 N–H and O–H groups in total. The van der Waals surface area contributed by atoms with Crippen molar-refractivity contribution in [1.82, 2.24) is 9.97 Å². The van der Waals surface area contributed by atoms with Crippen molar-refractivity contribution in [2.45, 2.75) is 51.6 Å². The molecule has 1 unspecified atom stereocenters. The Labute approximate surface area is 117 Å². The highest BCUT2D eigenvalue weighted by molar-refractivity contribution is 5.09. The van der Waals surface area contributed by atoms with Gasteiger partial charge in [0.2, 0.25) is 0 Å². The van der Waals surface area contributed by atoms with Crippen LogP contribution in [0.5, 0.6) is 0 Å². The summed E-state index contributed by atoms with van der Waals surface area (Å²) in [4.78, 5) is 7.65. The summed E-state index contributed by atoms with van der Waals surface area (Å²) >= 11 is 0. The first-order valence-corrected chi connectivity index (χ1v) is 6.99. The molecule has 0 saturated carbocycles. The Hall–Kier alpha value is -1.39. The number of hydrogen-bond acceptors (Lipinski definition) is 2. The van der Waals surface area contributed by atoms with E-state index >= 15 is 0 Å². The molecule has 0 fully saturated rings. The highest BCUT2D eigenvalue weighted by Crippen LogP contribution is 2.28. The Bertz CT molecular complexity index is 463. The van der Waals surface area contributed by atoms with Crippen LogP contribution in [-0.4, -0.2) is 9.97 Å². The van der Waals surface area contributed by atoms with Crippen LogP contribution in [0.25, 0.3) is 0 Å². The van der Waals surface area contributed by atoms with Crippen LogP contribution in [0, 0.1) is 5.92 Å². The van der Waals surface area contributed by atoms with Crippen molar-refractivity contribution in [3.05, 3.63) is 35.4 Å². The molecule has 20 heavy (non-hydrogen) atoms. The van der Waals surface area contributed by atoms with Crippen molar-refractivity contribution in [1.29, 1.82) is 0 Å². The summed E-state index contributed by atoms with van der Waals surface area (Å²) in [6.07, 6.45) is 5.82. The number of alkyl halides is 3. The number of hydrogen-bond donors (Lipinski definition) is 0. The Morgan fingerprint density at radius 3 is 2.55 bits per heavy atom. The molecular formula is C15H19F3N2. The van der Waals surface area contributed by atoms with E-state index in [2.05, 4.69) is 23.0 Å². The SMILES string of the molecule is CC1=CCCC(CCc2ncc(C(F)(F)F)cn2)CC1. The van der Waals surface area contributed by atoms with Gasteiger partial charge in [0, 0.05) is 18.8 Å². The molecule has 0 aliphatic heterocycles. The lowest BCUT2D eigenvalue weighted by Gasteiger charge is -2.13. The van der Waals surface area contributed by atoms with Crippen molar-refractivity contribution in [2.24, 2.45) is 5.92 Å². The molecule has 1 heterocycles. The Morgan fingerprint density at radius 1 is 1.20 bits per heavy atom. The van der Waals surface area contributed by atoms with Crippen molar-refractivity contribution in [2.75, 3.05) is 0 Å². The minimum atomic E-state index is -4.36. The monoisotopic (exact) mass is 284 g/mol. The van der Waals surface area contributed by atoms with Gasteiger partial charge in [-0.2, -0.15) is 13.2 Å². The van der Waals surface area contributed by atoms with Crippen LogP contribution in [0.15, 0.2) is 24.0 Å². The highest BCUT2D eigenvalue weighted by Gasteiger charge is 2.31. The molecule has 5 heteroatoms. The highest BCUT2D eigenvalue weighted by atomic mass is 19.4. The zero-order valence-electron chi connectivity index (χ0n) is 11.6. The standard InChI is InChI=1S/C15H19F3N2/c1-11-3-2-4-12(6-5-11)7-8-14-19-9-13(10-20-14)15(16,17)18/h3,9-10,12H,2,4-8H2,1H3. The van der Waals surface area contributed by atoms with Crippen LogP contribution in [0.2, 0.25) is 0 Å². The molecule has 2 nitrogen and oxygen atoms in total. The van der Waals surface area contributed by atoms with Crippen molar-refractivity contribution >= 4 is 0 Å². The number of allylic oxidation sites excluding steroid dienone is 2. The molecule has 2 rings (SSSR count). The average Bonchev–Trinajstić information content (AvgIpc) is 2.61. The molecule has 0 amide bonds. The van der Waals surface area contributed by atoms with Gasteiger partial charge >= 0.3 is 6.18 Å². The second kappa shape index (κ2) is 6.37. The average molecular weight is 284 g/mol. The molecule has 0 saturated heterocycles. The minimum absolute atomic E-state index is 0.506. The van der Waals surface area contributed by atoms with Gasteiger partial charge in [-0.3, -0.25) is 0 Å². The third-order valence-corrected chi connectivity index (χ3v) is 3.82. The van der Waals surface area contributed by atoms with Gasteiger partial charge in [-0.05, 0) is 44.9 Å². The molecular weight excluding hydrogens is 265 g/mol. The normalized spacial score (nSPS) is 20.4. The van der Waals surface area contributed by atoms with Gasteiger partial charge < -0.3 is 0 Å². The largest absolute Gasteiger partial charge is 0.419 e. The van der Waals surface area contributed by atoms with E-state index in [0.29, 0.717) is 18.2 Å². The summed E-state index contributed by atoms with van der Waals surface area (Å²) in [6, 6.07) is 0. The Balaban J connectivity index is 1.85. The second-order valence-electron chi connectivity index (χ2n) is 5.46. The van der Waals surface area contributed by atoms with Gasteiger partial charge in [0.1, 0.15) is 5.82 Å². The van der Waals surface area contributed by atoms with E-state index < -0.39 is 11.7 Å². The minimum Gasteiger partial charge on any atom is -0.241 e. The molecule has 0 spiro atoms. The number of aromatic nitrogens is 2. The van der Waals surface area contributed by atoms with E-state index in [1.54, 1.807) is 0 Å². The van der Waals surface area contributed by atoms with Crippen molar-refractivity contribution in [3.63, 3.8) is 0 Å². The maximum absolute atomic E-state index is 12.4. The van der Waals surface area contributed by atoms with Crippen LogP contribution < -0.4 is 0 Å². The van der Waals surface area contributed by atoms with Crippen molar-refractivity contribution in [3.8, 4) is 0 Å². The number of aryl methyl sites for hydroxylation is 1. The van der Waals surface area contributed by atoms with E-state index in [1.165, 1.54) is 5.57 Å². The fourth-order valence-electron chi connectivity index (χ4n) is 2.50. The van der Waals surface area contributed by atoms with Crippen LogP contribution >= 0.6 is 0 Å². The summed E-state index contributed by atoms with van der Waals surface area (Å²) in [7, 11) is 0. The summed E-state index contributed by atoms with van der Waals surface area (Å²) in [6.45, 7) is 2.15. The number of nitrogens with zero attached hydrogens (tertiary/aromatic N) is 2. The molecule has 1 aliphatic rings. The third-order valence-electron chi connectivity index (χ3n) is 3.82. The molecule has 0 aromatic carbocycles. The first-order chi connectivity index (χ1) is 9.45. The lowest BCUT2D eigenvalue weighted by atomic mass is 9.94. The Kier molecular flexibility index (Phi) is 4.78. The summed E-state index contributed by atoms with van der Waals surface area (Å²) in [5.74, 6) is 1.13. The summed E-state index contributed by atoms with van der Waals surface area (Å²) in [5, 5.41) is 0.